The quantitative estimate of drug-likeness (QED) is 0.865. The summed E-state index contributed by atoms with van der Waals surface area (Å²) in [6.45, 7) is 4.22. The topological polar surface area (TPSA) is 29.0 Å². The molecule has 1 saturated heterocycles. The Balaban J connectivity index is 1.78. The molecule has 3 rings (SSSR count). The van der Waals surface area contributed by atoms with E-state index in [0.717, 1.165) is 36.8 Å². The van der Waals surface area contributed by atoms with Crippen LogP contribution in [0.3, 0.4) is 0 Å². The van der Waals surface area contributed by atoms with Crippen LogP contribution in [-0.4, -0.2) is 28.8 Å². The van der Waals surface area contributed by atoms with Crippen molar-refractivity contribution in [2.75, 3.05) is 23.7 Å². The molecule has 0 spiro atoms. The van der Waals surface area contributed by atoms with Gasteiger partial charge in [-0.15, -0.1) is 0 Å². The molecule has 1 aliphatic rings. The lowest BCUT2D eigenvalue weighted by Crippen LogP contribution is -2.35. The van der Waals surface area contributed by atoms with E-state index in [-0.39, 0.29) is 0 Å². The number of anilines is 1. The van der Waals surface area contributed by atoms with Gasteiger partial charge < -0.3 is 4.90 Å². The van der Waals surface area contributed by atoms with Gasteiger partial charge in [-0.3, -0.25) is 0 Å². The molecule has 0 aliphatic carbocycles. The molecule has 3 nitrogen and oxygen atoms in total. The molecule has 0 saturated carbocycles. The van der Waals surface area contributed by atoms with Crippen molar-refractivity contribution in [2.24, 2.45) is 0 Å². The van der Waals surface area contributed by atoms with E-state index in [0.29, 0.717) is 5.25 Å². The molecule has 0 radical (unpaired) electrons. The van der Waals surface area contributed by atoms with Crippen LogP contribution in [0.25, 0.3) is 0 Å². The van der Waals surface area contributed by atoms with Gasteiger partial charge in [0.25, 0.3) is 0 Å². The number of benzene rings is 1. The molecule has 2 heterocycles. The number of nitrogens with zero attached hydrogens (tertiary/aromatic N) is 3. The first-order valence-electron chi connectivity index (χ1n) is 7.09. The lowest BCUT2D eigenvalue weighted by atomic mass is 10.1. The number of aromatic nitrogens is 2. The molecular formula is C16H19N3S. The van der Waals surface area contributed by atoms with E-state index in [1.165, 1.54) is 5.56 Å². The van der Waals surface area contributed by atoms with Gasteiger partial charge >= 0.3 is 0 Å². The highest BCUT2D eigenvalue weighted by atomic mass is 32.2. The summed E-state index contributed by atoms with van der Waals surface area (Å²) in [5, 5.41) is 0.532. The maximum absolute atomic E-state index is 4.44. The van der Waals surface area contributed by atoms with Gasteiger partial charge in [-0.05, 0) is 12.0 Å². The third-order valence-corrected chi connectivity index (χ3v) is 4.88. The van der Waals surface area contributed by atoms with Gasteiger partial charge in [0, 0.05) is 35.9 Å². The van der Waals surface area contributed by atoms with E-state index in [2.05, 4.69) is 58.2 Å². The molecule has 2 aromatic rings. The number of rotatable bonds is 3. The van der Waals surface area contributed by atoms with Crippen molar-refractivity contribution < 1.29 is 0 Å². The second-order valence-electron chi connectivity index (χ2n) is 4.94. The first-order chi connectivity index (χ1) is 9.86. The Bertz CT molecular complexity index is 559. The molecule has 20 heavy (non-hydrogen) atoms. The average Bonchev–Trinajstić information content (AvgIpc) is 2.56. The Kier molecular flexibility index (Phi) is 4.21. The third-order valence-electron chi connectivity index (χ3n) is 3.63. The lowest BCUT2D eigenvalue weighted by Gasteiger charge is -2.33. The van der Waals surface area contributed by atoms with E-state index < -0.39 is 0 Å². The Morgan fingerprint density at radius 1 is 1.25 bits per heavy atom. The van der Waals surface area contributed by atoms with Gasteiger partial charge in [0.1, 0.15) is 12.1 Å². The fraction of sp³-hybridized carbons (Fsp3) is 0.375. The Morgan fingerprint density at radius 2 is 2.10 bits per heavy atom. The second-order valence-corrected chi connectivity index (χ2v) is 6.25. The zero-order valence-corrected chi connectivity index (χ0v) is 12.5. The van der Waals surface area contributed by atoms with Crippen molar-refractivity contribution >= 4 is 17.6 Å². The molecule has 1 fully saturated rings. The maximum atomic E-state index is 4.44. The highest BCUT2D eigenvalue weighted by molar-refractivity contribution is 7.99. The minimum absolute atomic E-state index is 0.532. The number of hydrogen-bond donors (Lipinski definition) is 0. The predicted molar refractivity (Wildman–Crippen MR) is 85.3 cm³/mol. The molecule has 1 aromatic heterocycles. The molecule has 0 amide bonds. The average molecular weight is 285 g/mol. The Morgan fingerprint density at radius 3 is 2.90 bits per heavy atom. The normalized spacial score (nSPS) is 19.1. The van der Waals surface area contributed by atoms with Gasteiger partial charge in [0.05, 0.1) is 0 Å². The van der Waals surface area contributed by atoms with Gasteiger partial charge in [0.2, 0.25) is 0 Å². The van der Waals surface area contributed by atoms with E-state index in [1.54, 1.807) is 6.33 Å². The molecule has 1 aliphatic heterocycles. The van der Waals surface area contributed by atoms with Crippen LogP contribution in [0.1, 0.15) is 23.4 Å². The zero-order valence-electron chi connectivity index (χ0n) is 11.7. The summed E-state index contributed by atoms with van der Waals surface area (Å²) in [5.74, 6) is 2.21. The van der Waals surface area contributed by atoms with Crippen LogP contribution in [0, 0.1) is 0 Å². The van der Waals surface area contributed by atoms with Gasteiger partial charge in [-0.2, -0.15) is 11.8 Å². The zero-order chi connectivity index (χ0) is 13.8. The predicted octanol–water partition coefficient (Wildman–Crippen LogP) is 3.33. The Hall–Kier alpha value is -1.55. The smallest absolute Gasteiger partial charge is 0.132 e. The summed E-state index contributed by atoms with van der Waals surface area (Å²) in [4.78, 5) is 11.1. The van der Waals surface area contributed by atoms with Crippen molar-refractivity contribution in [3.05, 3.63) is 54.0 Å². The first-order valence-corrected chi connectivity index (χ1v) is 8.14. The van der Waals surface area contributed by atoms with Crippen molar-refractivity contribution in [3.8, 4) is 0 Å². The van der Waals surface area contributed by atoms with Gasteiger partial charge in [-0.25, -0.2) is 9.97 Å². The minimum atomic E-state index is 0.532. The summed E-state index contributed by atoms with van der Waals surface area (Å²) < 4.78 is 0. The highest BCUT2D eigenvalue weighted by Gasteiger charge is 2.22. The molecule has 1 unspecified atom stereocenters. The van der Waals surface area contributed by atoms with Gasteiger partial charge in [0.15, 0.2) is 0 Å². The third kappa shape index (κ3) is 2.96. The van der Waals surface area contributed by atoms with Crippen LogP contribution in [0.15, 0.2) is 42.7 Å². The fourth-order valence-electron chi connectivity index (χ4n) is 2.48. The molecular weight excluding hydrogens is 266 g/mol. The largest absolute Gasteiger partial charge is 0.354 e. The molecule has 1 aromatic carbocycles. The van der Waals surface area contributed by atoms with Crippen molar-refractivity contribution in [1.29, 1.82) is 0 Å². The lowest BCUT2D eigenvalue weighted by molar-refractivity contribution is 0.759. The molecule has 104 valence electrons. The van der Waals surface area contributed by atoms with Gasteiger partial charge in [-0.1, -0.05) is 37.3 Å². The molecule has 1 atom stereocenters. The monoisotopic (exact) mass is 285 g/mol. The maximum Gasteiger partial charge on any atom is 0.132 e. The number of hydrogen-bond acceptors (Lipinski definition) is 4. The van der Waals surface area contributed by atoms with Crippen molar-refractivity contribution in [2.45, 2.75) is 18.6 Å². The highest BCUT2D eigenvalue weighted by Crippen LogP contribution is 2.34. The van der Waals surface area contributed by atoms with Crippen LogP contribution in [0.2, 0.25) is 0 Å². The van der Waals surface area contributed by atoms with E-state index in [4.69, 9.17) is 0 Å². The minimum Gasteiger partial charge on any atom is -0.354 e. The first kappa shape index (κ1) is 13.4. The summed E-state index contributed by atoms with van der Waals surface area (Å²) in [6.07, 6.45) is 2.65. The molecule has 4 heteroatoms. The van der Waals surface area contributed by atoms with Crippen LogP contribution < -0.4 is 4.90 Å². The SMILES string of the molecule is CCc1cc(N2CCSC(c3ccccc3)C2)ncn1. The summed E-state index contributed by atoms with van der Waals surface area (Å²) in [5.41, 5.74) is 2.52. The van der Waals surface area contributed by atoms with E-state index in [1.807, 2.05) is 11.8 Å². The van der Waals surface area contributed by atoms with Crippen molar-refractivity contribution in [1.82, 2.24) is 9.97 Å². The second kappa shape index (κ2) is 6.27. The number of thioether (sulfide) groups is 1. The van der Waals surface area contributed by atoms with Crippen molar-refractivity contribution in [3.63, 3.8) is 0 Å². The van der Waals surface area contributed by atoms with Crippen LogP contribution in [-0.2, 0) is 6.42 Å². The standard InChI is InChI=1S/C16H19N3S/c1-2-14-10-16(18-12-17-14)19-8-9-20-15(11-19)13-6-4-3-5-7-13/h3-7,10,12,15H,2,8-9,11H2,1H3. The summed E-state index contributed by atoms with van der Waals surface area (Å²) >= 11 is 2.04. The molecule has 0 N–H and O–H groups in total. The van der Waals surface area contributed by atoms with E-state index in [9.17, 15) is 0 Å². The molecule has 0 bridgehead atoms. The fourth-order valence-corrected chi connectivity index (χ4v) is 3.72. The summed E-state index contributed by atoms with van der Waals surface area (Å²) in [6, 6.07) is 12.9. The van der Waals surface area contributed by atoms with Crippen LogP contribution in [0.4, 0.5) is 5.82 Å². The van der Waals surface area contributed by atoms with Crippen LogP contribution in [0.5, 0.6) is 0 Å². The number of aryl methyl sites for hydroxylation is 1. The van der Waals surface area contributed by atoms with E-state index >= 15 is 0 Å². The summed E-state index contributed by atoms with van der Waals surface area (Å²) in [7, 11) is 0. The van der Waals surface area contributed by atoms with Crippen LogP contribution >= 0.6 is 11.8 Å². The Labute approximate surface area is 124 Å².